The molecule has 5 heteroatoms. The minimum atomic E-state index is -0.349. The number of hydrogen-bond acceptors (Lipinski definition) is 3. The monoisotopic (exact) mass is 188 g/mol. The summed E-state index contributed by atoms with van der Waals surface area (Å²) >= 11 is 3.80. The van der Waals surface area contributed by atoms with Crippen LogP contribution in [0.1, 0.15) is 12.8 Å². The molecule has 4 nitrogen and oxygen atoms in total. The molecule has 0 spiro atoms. The van der Waals surface area contributed by atoms with Crippen molar-refractivity contribution >= 4 is 24.4 Å². The predicted molar refractivity (Wildman–Crippen MR) is 48.0 cm³/mol. The van der Waals surface area contributed by atoms with E-state index in [4.69, 9.17) is 0 Å². The topological polar surface area (TPSA) is 58.2 Å². The number of nitrogens with one attached hydrogen (secondary N) is 2. The van der Waals surface area contributed by atoms with Gasteiger partial charge in [0.05, 0.1) is 5.75 Å². The highest BCUT2D eigenvalue weighted by molar-refractivity contribution is 7.81. The first-order valence-electron chi connectivity index (χ1n) is 3.92. The standard InChI is InChI=1S/C7H12N2O2S/c10-6(4-12)9-5-2-1-3-8-7(5)11/h5,12H,1-4H2,(H,8,11)(H,9,10). The van der Waals surface area contributed by atoms with E-state index in [-0.39, 0.29) is 23.6 Å². The van der Waals surface area contributed by atoms with Crippen molar-refractivity contribution in [2.24, 2.45) is 0 Å². The van der Waals surface area contributed by atoms with Gasteiger partial charge in [-0.05, 0) is 12.8 Å². The van der Waals surface area contributed by atoms with Gasteiger partial charge < -0.3 is 10.6 Å². The summed E-state index contributed by atoms with van der Waals surface area (Å²) in [6, 6.07) is -0.349. The maximum Gasteiger partial charge on any atom is 0.242 e. The number of rotatable bonds is 2. The Morgan fingerprint density at radius 2 is 2.50 bits per heavy atom. The van der Waals surface area contributed by atoms with Crippen molar-refractivity contribution in [3.63, 3.8) is 0 Å². The minimum absolute atomic E-state index is 0.0867. The molecule has 68 valence electrons. The molecular weight excluding hydrogens is 176 g/mol. The third-order valence-electron chi connectivity index (χ3n) is 1.76. The summed E-state index contributed by atoms with van der Waals surface area (Å²) < 4.78 is 0. The zero-order valence-electron chi connectivity index (χ0n) is 6.67. The average Bonchev–Trinajstić information content (AvgIpc) is 2.09. The molecule has 2 N–H and O–H groups in total. The second kappa shape index (κ2) is 4.35. The van der Waals surface area contributed by atoms with Crippen molar-refractivity contribution in [1.29, 1.82) is 0 Å². The lowest BCUT2D eigenvalue weighted by atomic mass is 10.1. The summed E-state index contributed by atoms with van der Waals surface area (Å²) in [7, 11) is 0. The van der Waals surface area contributed by atoms with Crippen LogP contribution in [0.3, 0.4) is 0 Å². The Hall–Kier alpha value is -0.710. The molecule has 1 saturated heterocycles. The van der Waals surface area contributed by atoms with Crippen molar-refractivity contribution in [1.82, 2.24) is 10.6 Å². The smallest absolute Gasteiger partial charge is 0.242 e. The number of carbonyl (C=O) groups excluding carboxylic acids is 2. The molecule has 1 aliphatic heterocycles. The predicted octanol–water partition coefficient (Wildman–Crippen LogP) is -0.689. The van der Waals surface area contributed by atoms with E-state index in [0.717, 1.165) is 12.8 Å². The van der Waals surface area contributed by atoms with Gasteiger partial charge in [-0.2, -0.15) is 12.6 Å². The van der Waals surface area contributed by atoms with Gasteiger partial charge in [0.15, 0.2) is 0 Å². The molecule has 0 radical (unpaired) electrons. The van der Waals surface area contributed by atoms with Crippen LogP contribution in [-0.2, 0) is 9.59 Å². The zero-order chi connectivity index (χ0) is 8.97. The molecule has 1 atom stereocenters. The Morgan fingerprint density at radius 3 is 3.08 bits per heavy atom. The summed E-state index contributed by atoms with van der Waals surface area (Å²) in [6.07, 6.45) is 1.65. The van der Waals surface area contributed by atoms with E-state index in [2.05, 4.69) is 23.3 Å². The van der Waals surface area contributed by atoms with Gasteiger partial charge in [-0.3, -0.25) is 9.59 Å². The average molecular weight is 188 g/mol. The van der Waals surface area contributed by atoms with Crippen molar-refractivity contribution in [2.45, 2.75) is 18.9 Å². The molecular formula is C7H12N2O2S. The van der Waals surface area contributed by atoms with E-state index in [0.29, 0.717) is 6.54 Å². The molecule has 0 aliphatic carbocycles. The molecule has 1 unspecified atom stereocenters. The number of hydrogen-bond donors (Lipinski definition) is 3. The van der Waals surface area contributed by atoms with Crippen LogP contribution in [-0.4, -0.2) is 30.2 Å². The molecule has 0 bridgehead atoms. The highest BCUT2D eigenvalue weighted by Crippen LogP contribution is 2.02. The molecule has 1 heterocycles. The summed E-state index contributed by atoms with van der Waals surface area (Å²) in [4.78, 5) is 22.0. The summed E-state index contributed by atoms with van der Waals surface area (Å²) in [5.41, 5.74) is 0. The van der Waals surface area contributed by atoms with Gasteiger partial charge in [0.2, 0.25) is 11.8 Å². The van der Waals surface area contributed by atoms with Gasteiger partial charge in [-0.25, -0.2) is 0 Å². The number of thiol groups is 1. The van der Waals surface area contributed by atoms with Gasteiger partial charge in [0, 0.05) is 6.54 Å². The fourth-order valence-electron chi connectivity index (χ4n) is 1.15. The SMILES string of the molecule is O=C(CS)NC1CCCNC1=O. The van der Waals surface area contributed by atoms with E-state index in [1.54, 1.807) is 0 Å². The lowest BCUT2D eigenvalue weighted by Crippen LogP contribution is -2.50. The third kappa shape index (κ3) is 2.41. The van der Waals surface area contributed by atoms with Gasteiger partial charge in [-0.15, -0.1) is 0 Å². The van der Waals surface area contributed by atoms with Crippen molar-refractivity contribution in [2.75, 3.05) is 12.3 Å². The third-order valence-corrected chi connectivity index (χ3v) is 2.05. The number of amides is 2. The second-order valence-electron chi connectivity index (χ2n) is 2.71. The highest BCUT2D eigenvalue weighted by Gasteiger charge is 2.22. The van der Waals surface area contributed by atoms with Crippen LogP contribution in [0.4, 0.5) is 0 Å². The maximum absolute atomic E-state index is 11.1. The Labute approximate surface area is 76.5 Å². The summed E-state index contributed by atoms with van der Waals surface area (Å²) in [5.74, 6) is -0.152. The van der Waals surface area contributed by atoms with Crippen LogP contribution in [0.2, 0.25) is 0 Å². The molecule has 2 amide bonds. The maximum atomic E-state index is 11.1. The van der Waals surface area contributed by atoms with E-state index in [1.807, 2.05) is 0 Å². The summed E-state index contributed by atoms with van der Waals surface area (Å²) in [6.45, 7) is 0.714. The minimum Gasteiger partial charge on any atom is -0.354 e. The lowest BCUT2D eigenvalue weighted by Gasteiger charge is -2.22. The zero-order valence-corrected chi connectivity index (χ0v) is 7.56. The molecule has 1 aliphatic rings. The lowest BCUT2D eigenvalue weighted by molar-refractivity contribution is -0.129. The molecule has 0 aromatic heterocycles. The number of carbonyl (C=O) groups is 2. The van der Waals surface area contributed by atoms with Gasteiger partial charge in [0.25, 0.3) is 0 Å². The normalized spacial score (nSPS) is 23.1. The van der Waals surface area contributed by atoms with Crippen LogP contribution in [0, 0.1) is 0 Å². The molecule has 1 fully saturated rings. The first kappa shape index (κ1) is 9.38. The van der Waals surface area contributed by atoms with Crippen LogP contribution in [0.15, 0.2) is 0 Å². The fraction of sp³-hybridized carbons (Fsp3) is 0.714. The van der Waals surface area contributed by atoms with E-state index >= 15 is 0 Å². The first-order valence-corrected chi connectivity index (χ1v) is 4.55. The van der Waals surface area contributed by atoms with Crippen molar-refractivity contribution in [3.8, 4) is 0 Å². The first-order chi connectivity index (χ1) is 5.74. The molecule has 0 saturated carbocycles. The van der Waals surface area contributed by atoms with Crippen LogP contribution in [0.5, 0.6) is 0 Å². The Morgan fingerprint density at radius 1 is 1.75 bits per heavy atom. The second-order valence-corrected chi connectivity index (χ2v) is 3.03. The summed E-state index contributed by atoms with van der Waals surface area (Å²) in [5, 5.41) is 5.27. The van der Waals surface area contributed by atoms with Crippen molar-refractivity contribution in [3.05, 3.63) is 0 Å². The molecule has 0 aromatic rings. The van der Waals surface area contributed by atoms with Gasteiger partial charge in [0.1, 0.15) is 6.04 Å². The fourth-order valence-corrected chi connectivity index (χ4v) is 1.24. The largest absolute Gasteiger partial charge is 0.354 e. The van der Waals surface area contributed by atoms with Crippen LogP contribution in [0.25, 0.3) is 0 Å². The molecule has 12 heavy (non-hydrogen) atoms. The van der Waals surface area contributed by atoms with Gasteiger partial charge >= 0.3 is 0 Å². The van der Waals surface area contributed by atoms with E-state index in [9.17, 15) is 9.59 Å². The highest BCUT2D eigenvalue weighted by atomic mass is 32.1. The van der Waals surface area contributed by atoms with Crippen LogP contribution >= 0.6 is 12.6 Å². The Bertz CT molecular complexity index is 196. The molecule has 1 rings (SSSR count). The van der Waals surface area contributed by atoms with Gasteiger partial charge in [-0.1, -0.05) is 0 Å². The number of piperidine rings is 1. The van der Waals surface area contributed by atoms with Crippen molar-refractivity contribution < 1.29 is 9.59 Å². The molecule has 0 aromatic carbocycles. The van der Waals surface area contributed by atoms with E-state index in [1.165, 1.54) is 0 Å². The van der Waals surface area contributed by atoms with E-state index < -0.39 is 0 Å². The quantitative estimate of drug-likeness (QED) is 0.502. The van der Waals surface area contributed by atoms with Crippen LogP contribution < -0.4 is 10.6 Å². The Kier molecular flexibility index (Phi) is 3.40. The Balaban J connectivity index is 2.39.